The lowest BCUT2D eigenvalue weighted by Gasteiger charge is -2.17. The molecule has 0 amide bonds. The van der Waals surface area contributed by atoms with Gasteiger partial charge in [0.1, 0.15) is 5.76 Å². The normalized spacial score (nSPS) is 12.8. The molecule has 110 valence electrons. The van der Waals surface area contributed by atoms with Gasteiger partial charge in [-0.05, 0) is 37.9 Å². The van der Waals surface area contributed by atoms with Gasteiger partial charge < -0.3 is 9.73 Å². The van der Waals surface area contributed by atoms with Crippen LogP contribution in [0.3, 0.4) is 0 Å². The highest BCUT2D eigenvalue weighted by Crippen LogP contribution is 2.23. The number of hydrogen-bond acceptors (Lipinski definition) is 3. The second-order valence-electron chi connectivity index (χ2n) is 5.07. The monoisotopic (exact) mass is 275 g/mol. The predicted octanol–water partition coefficient (Wildman–Crippen LogP) is 3.34. The van der Waals surface area contributed by atoms with Gasteiger partial charge in [-0.1, -0.05) is 13.8 Å². The van der Waals surface area contributed by atoms with Crippen LogP contribution >= 0.6 is 0 Å². The number of nitrogens with zero attached hydrogens (tertiary/aromatic N) is 2. The van der Waals surface area contributed by atoms with Crippen molar-refractivity contribution < 1.29 is 4.42 Å². The first-order valence-electron chi connectivity index (χ1n) is 7.59. The standard InChI is InChI=1S/C16H25N3O/c1-4-8-17-15(14-7-9-20-16(14)5-2)10-13-11-18-19(6-3)12-13/h7,9,11-12,15,17H,4-6,8,10H2,1-3H3. The Bertz CT molecular complexity index is 515. The van der Waals surface area contributed by atoms with E-state index in [-0.39, 0.29) is 0 Å². The van der Waals surface area contributed by atoms with E-state index in [9.17, 15) is 0 Å². The molecule has 0 aromatic carbocycles. The lowest BCUT2D eigenvalue weighted by molar-refractivity contribution is 0.481. The maximum atomic E-state index is 5.58. The van der Waals surface area contributed by atoms with Crippen LogP contribution in [0.1, 0.15) is 50.1 Å². The Hall–Kier alpha value is -1.55. The molecule has 0 aliphatic carbocycles. The summed E-state index contributed by atoms with van der Waals surface area (Å²) in [6.45, 7) is 8.36. The van der Waals surface area contributed by atoms with E-state index >= 15 is 0 Å². The third-order valence-electron chi connectivity index (χ3n) is 3.57. The van der Waals surface area contributed by atoms with Crippen LogP contribution in [-0.2, 0) is 19.4 Å². The molecule has 1 unspecified atom stereocenters. The number of aryl methyl sites for hydroxylation is 2. The van der Waals surface area contributed by atoms with Crippen molar-refractivity contribution in [3.8, 4) is 0 Å². The average Bonchev–Trinajstić information content (AvgIpc) is 3.11. The van der Waals surface area contributed by atoms with Gasteiger partial charge in [0.2, 0.25) is 0 Å². The molecular formula is C16H25N3O. The minimum absolute atomic E-state index is 0.304. The van der Waals surface area contributed by atoms with Crippen molar-refractivity contribution in [2.45, 2.75) is 52.6 Å². The van der Waals surface area contributed by atoms with E-state index in [0.717, 1.165) is 38.1 Å². The second-order valence-corrected chi connectivity index (χ2v) is 5.07. The minimum atomic E-state index is 0.304. The Morgan fingerprint density at radius 2 is 2.20 bits per heavy atom. The molecule has 0 fully saturated rings. The fraction of sp³-hybridized carbons (Fsp3) is 0.562. The summed E-state index contributed by atoms with van der Waals surface area (Å²) in [6, 6.07) is 2.40. The number of aromatic nitrogens is 2. The zero-order valence-corrected chi connectivity index (χ0v) is 12.7. The van der Waals surface area contributed by atoms with E-state index in [4.69, 9.17) is 4.42 Å². The van der Waals surface area contributed by atoms with E-state index < -0.39 is 0 Å². The molecular weight excluding hydrogens is 250 g/mol. The van der Waals surface area contributed by atoms with Crippen molar-refractivity contribution in [3.63, 3.8) is 0 Å². The van der Waals surface area contributed by atoms with Crippen LogP contribution in [0.25, 0.3) is 0 Å². The highest BCUT2D eigenvalue weighted by Gasteiger charge is 2.17. The quantitative estimate of drug-likeness (QED) is 0.803. The van der Waals surface area contributed by atoms with Crippen molar-refractivity contribution in [3.05, 3.63) is 41.6 Å². The first-order valence-corrected chi connectivity index (χ1v) is 7.59. The molecule has 0 saturated carbocycles. The number of rotatable bonds is 8. The number of nitrogens with one attached hydrogen (secondary N) is 1. The first kappa shape index (κ1) is 14.9. The van der Waals surface area contributed by atoms with Crippen LogP contribution in [0.2, 0.25) is 0 Å². The molecule has 2 rings (SSSR count). The largest absolute Gasteiger partial charge is 0.469 e. The molecule has 2 heterocycles. The molecule has 0 saturated heterocycles. The summed E-state index contributed by atoms with van der Waals surface area (Å²) < 4.78 is 7.55. The summed E-state index contributed by atoms with van der Waals surface area (Å²) in [5.41, 5.74) is 2.55. The molecule has 2 aromatic rings. The summed E-state index contributed by atoms with van der Waals surface area (Å²) in [6.07, 6.45) is 8.91. The number of furan rings is 1. The summed E-state index contributed by atoms with van der Waals surface area (Å²) >= 11 is 0. The van der Waals surface area contributed by atoms with E-state index in [0.29, 0.717) is 6.04 Å². The van der Waals surface area contributed by atoms with Gasteiger partial charge in [-0.2, -0.15) is 5.10 Å². The van der Waals surface area contributed by atoms with Crippen LogP contribution < -0.4 is 5.32 Å². The van der Waals surface area contributed by atoms with Gasteiger partial charge in [0, 0.05) is 30.8 Å². The minimum Gasteiger partial charge on any atom is -0.469 e. The maximum absolute atomic E-state index is 5.58. The Morgan fingerprint density at radius 1 is 1.35 bits per heavy atom. The highest BCUT2D eigenvalue weighted by atomic mass is 16.3. The van der Waals surface area contributed by atoms with Gasteiger partial charge in [-0.15, -0.1) is 0 Å². The molecule has 2 aromatic heterocycles. The molecule has 4 heteroatoms. The molecule has 0 aliphatic heterocycles. The Labute approximate surface area is 121 Å². The fourth-order valence-corrected chi connectivity index (χ4v) is 2.48. The number of hydrogen-bond donors (Lipinski definition) is 1. The summed E-state index contributed by atoms with van der Waals surface area (Å²) in [7, 11) is 0. The smallest absolute Gasteiger partial charge is 0.108 e. The van der Waals surface area contributed by atoms with E-state index in [1.165, 1.54) is 11.1 Å². The Balaban J connectivity index is 2.14. The van der Waals surface area contributed by atoms with Crippen molar-refractivity contribution in [2.24, 2.45) is 0 Å². The lowest BCUT2D eigenvalue weighted by atomic mass is 10.00. The molecule has 1 atom stereocenters. The molecule has 4 nitrogen and oxygen atoms in total. The summed E-state index contributed by atoms with van der Waals surface area (Å²) in [5, 5.41) is 7.98. The van der Waals surface area contributed by atoms with Crippen LogP contribution in [-0.4, -0.2) is 16.3 Å². The van der Waals surface area contributed by atoms with Crippen molar-refractivity contribution in [1.29, 1.82) is 0 Å². The first-order chi connectivity index (χ1) is 9.78. The van der Waals surface area contributed by atoms with Crippen molar-refractivity contribution in [1.82, 2.24) is 15.1 Å². The van der Waals surface area contributed by atoms with Crippen LogP contribution in [0.15, 0.2) is 29.1 Å². The van der Waals surface area contributed by atoms with Gasteiger partial charge in [-0.25, -0.2) is 0 Å². The predicted molar refractivity (Wildman–Crippen MR) is 80.7 cm³/mol. The molecule has 20 heavy (non-hydrogen) atoms. The van der Waals surface area contributed by atoms with E-state index in [1.54, 1.807) is 6.26 Å². The molecule has 0 spiro atoms. The zero-order valence-electron chi connectivity index (χ0n) is 12.7. The van der Waals surface area contributed by atoms with Crippen molar-refractivity contribution >= 4 is 0 Å². The molecule has 0 bridgehead atoms. The van der Waals surface area contributed by atoms with Crippen LogP contribution in [0.4, 0.5) is 0 Å². The third kappa shape index (κ3) is 3.51. The Kier molecular flexibility index (Phi) is 5.41. The molecule has 0 aliphatic rings. The highest BCUT2D eigenvalue weighted by molar-refractivity contribution is 5.24. The van der Waals surface area contributed by atoms with Gasteiger partial charge >= 0.3 is 0 Å². The average molecular weight is 275 g/mol. The maximum Gasteiger partial charge on any atom is 0.108 e. The van der Waals surface area contributed by atoms with Crippen molar-refractivity contribution in [2.75, 3.05) is 6.54 Å². The third-order valence-corrected chi connectivity index (χ3v) is 3.57. The lowest BCUT2D eigenvalue weighted by Crippen LogP contribution is -2.24. The topological polar surface area (TPSA) is 43.0 Å². The van der Waals surface area contributed by atoms with E-state index in [1.807, 2.05) is 10.9 Å². The van der Waals surface area contributed by atoms with Crippen LogP contribution in [0, 0.1) is 0 Å². The van der Waals surface area contributed by atoms with Gasteiger partial charge in [0.25, 0.3) is 0 Å². The summed E-state index contributed by atoms with van der Waals surface area (Å²) in [5.74, 6) is 1.08. The molecule has 0 radical (unpaired) electrons. The van der Waals surface area contributed by atoms with Gasteiger partial charge in [-0.3, -0.25) is 4.68 Å². The van der Waals surface area contributed by atoms with E-state index in [2.05, 4.69) is 43.4 Å². The van der Waals surface area contributed by atoms with Gasteiger partial charge in [0.15, 0.2) is 0 Å². The fourth-order valence-electron chi connectivity index (χ4n) is 2.48. The Morgan fingerprint density at radius 3 is 2.85 bits per heavy atom. The van der Waals surface area contributed by atoms with Crippen LogP contribution in [0.5, 0.6) is 0 Å². The molecule has 1 N–H and O–H groups in total. The summed E-state index contributed by atoms with van der Waals surface area (Å²) in [4.78, 5) is 0. The second kappa shape index (κ2) is 7.29. The van der Waals surface area contributed by atoms with Gasteiger partial charge in [0.05, 0.1) is 12.5 Å². The SMILES string of the molecule is CCCNC(Cc1cnn(CC)c1)c1ccoc1CC. The zero-order chi connectivity index (χ0) is 14.4.